The van der Waals surface area contributed by atoms with Crippen LogP contribution < -0.4 is 4.74 Å². The molecule has 1 aromatic heterocycles. The van der Waals surface area contributed by atoms with Crippen molar-refractivity contribution in [1.29, 1.82) is 0 Å². The van der Waals surface area contributed by atoms with Crippen LogP contribution in [0.3, 0.4) is 0 Å². The van der Waals surface area contributed by atoms with Gasteiger partial charge in [0, 0.05) is 9.35 Å². The van der Waals surface area contributed by atoms with Gasteiger partial charge in [0.05, 0.1) is 11.9 Å². The highest BCUT2D eigenvalue weighted by atomic mass is 79.9. The minimum atomic E-state index is 0.225. The summed E-state index contributed by atoms with van der Waals surface area (Å²) >= 11 is 9.08. The number of methoxy groups -OCH3 is 1. The molecular formula is C13H12Br2OS. The molecule has 0 aliphatic rings. The lowest BCUT2D eigenvalue weighted by Gasteiger charge is -2.13. The van der Waals surface area contributed by atoms with Crippen molar-refractivity contribution in [1.82, 2.24) is 0 Å². The number of halogens is 2. The summed E-state index contributed by atoms with van der Waals surface area (Å²) < 4.78 is 6.37. The van der Waals surface area contributed by atoms with E-state index < -0.39 is 0 Å². The highest BCUT2D eigenvalue weighted by Crippen LogP contribution is 2.40. The van der Waals surface area contributed by atoms with Crippen LogP contribution in [0.25, 0.3) is 0 Å². The highest BCUT2D eigenvalue weighted by Gasteiger charge is 2.17. The molecule has 2 rings (SSSR count). The third-order valence-corrected chi connectivity index (χ3v) is 5.81. The Kier molecular flexibility index (Phi) is 4.28. The lowest BCUT2D eigenvalue weighted by molar-refractivity contribution is 0.414. The molecule has 0 N–H and O–H groups in total. The van der Waals surface area contributed by atoms with Gasteiger partial charge in [-0.25, -0.2) is 0 Å². The number of rotatable bonds is 3. The number of benzene rings is 1. The quantitative estimate of drug-likeness (QED) is 0.660. The summed E-state index contributed by atoms with van der Waals surface area (Å²) in [6, 6.07) is 8.25. The number of ether oxygens (including phenoxy) is 1. The lowest BCUT2D eigenvalue weighted by Crippen LogP contribution is -1.95. The molecule has 1 nitrogen and oxygen atoms in total. The summed E-state index contributed by atoms with van der Waals surface area (Å²) in [5.41, 5.74) is 2.50. The summed E-state index contributed by atoms with van der Waals surface area (Å²) in [4.78, 5) is 1.51. The van der Waals surface area contributed by atoms with Gasteiger partial charge in [-0.05, 0) is 57.6 Å². The molecule has 0 saturated carbocycles. The van der Waals surface area contributed by atoms with E-state index >= 15 is 0 Å². The molecule has 0 bridgehead atoms. The summed E-state index contributed by atoms with van der Waals surface area (Å²) in [6.07, 6.45) is 0. The summed E-state index contributed by atoms with van der Waals surface area (Å²) in [5.74, 6) is 0.899. The normalized spacial score (nSPS) is 12.5. The van der Waals surface area contributed by atoms with Crippen molar-refractivity contribution in [2.75, 3.05) is 7.11 Å². The van der Waals surface area contributed by atoms with E-state index in [1.165, 1.54) is 16.0 Å². The minimum absolute atomic E-state index is 0.225. The van der Waals surface area contributed by atoms with Gasteiger partial charge in [-0.15, -0.1) is 11.3 Å². The number of hydrogen-bond acceptors (Lipinski definition) is 2. The van der Waals surface area contributed by atoms with Gasteiger partial charge in [0.25, 0.3) is 0 Å². The molecule has 1 atom stereocenters. The number of aryl methyl sites for hydroxylation is 1. The van der Waals surface area contributed by atoms with Crippen molar-refractivity contribution in [3.8, 4) is 5.75 Å². The van der Waals surface area contributed by atoms with Gasteiger partial charge in [-0.2, -0.15) is 0 Å². The van der Waals surface area contributed by atoms with Crippen molar-refractivity contribution < 1.29 is 4.74 Å². The molecular weight excluding hydrogens is 364 g/mol. The fourth-order valence-electron chi connectivity index (χ4n) is 1.69. The highest BCUT2D eigenvalue weighted by molar-refractivity contribution is 9.11. The van der Waals surface area contributed by atoms with Crippen LogP contribution in [0.4, 0.5) is 0 Å². The molecule has 0 fully saturated rings. The number of hydrogen-bond donors (Lipinski definition) is 0. The van der Waals surface area contributed by atoms with Crippen LogP contribution >= 0.6 is 43.2 Å². The Hall–Kier alpha value is -0.320. The standard InChI is InChI=1S/C13H12Br2OS/c1-8-7-9(16-2)3-4-10(8)12(15)13-11(14)5-6-17-13/h3-7,12H,1-2H3. The third kappa shape index (κ3) is 2.75. The summed E-state index contributed by atoms with van der Waals surface area (Å²) in [6.45, 7) is 2.10. The molecule has 90 valence electrons. The van der Waals surface area contributed by atoms with Crippen molar-refractivity contribution in [2.24, 2.45) is 0 Å². The van der Waals surface area contributed by atoms with E-state index in [-0.39, 0.29) is 4.83 Å². The Morgan fingerprint density at radius 1 is 1.29 bits per heavy atom. The molecule has 0 saturated heterocycles. The van der Waals surface area contributed by atoms with Crippen LogP contribution in [-0.4, -0.2) is 7.11 Å². The Morgan fingerprint density at radius 2 is 2.06 bits per heavy atom. The van der Waals surface area contributed by atoms with Crippen LogP contribution in [0.2, 0.25) is 0 Å². The second-order valence-corrected chi connectivity index (χ2v) is 6.44. The van der Waals surface area contributed by atoms with Gasteiger partial charge < -0.3 is 4.74 Å². The van der Waals surface area contributed by atoms with Gasteiger partial charge in [0.15, 0.2) is 0 Å². The fourth-order valence-corrected chi connectivity index (χ4v) is 4.67. The molecule has 0 amide bonds. The second kappa shape index (κ2) is 5.55. The Bertz CT molecular complexity index is 522. The molecule has 4 heteroatoms. The first-order valence-electron chi connectivity index (χ1n) is 5.15. The lowest BCUT2D eigenvalue weighted by atomic mass is 10.0. The first-order valence-corrected chi connectivity index (χ1v) is 7.74. The zero-order valence-corrected chi connectivity index (χ0v) is 13.5. The average Bonchev–Trinajstić information content (AvgIpc) is 2.74. The third-order valence-electron chi connectivity index (χ3n) is 2.62. The van der Waals surface area contributed by atoms with Crippen molar-refractivity contribution in [3.05, 3.63) is 50.1 Å². The van der Waals surface area contributed by atoms with Gasteiger partial charge in [0.1, 0.15) is 5.75 Å². The molecule has 0 radical (unpaired) electrons. The van der Waals surface area contributed by atoms with Crippen LogP contribution in [0.5, 0.6) is 5.75 Å². The Labute approximate surface area is 122 Å². The van der Waals surface area contributed by atoms with E-state index in [1.807, 2.05) is 6.07 Å². The number of thiophene rings is 1. The maximum atomic E-state index is 5.22. The van der Waals surface area contributed by atoms with Crippen LogP contribution in [0.15, 0.2) is 34.1 Å². The molecule has 1 unspecified atom stereocenters. The van der Waals surface area contributed by atoms with E-state index in [2.05, 4.69) is 62.4 Å². The smallest absolute Gasteiger partial charge is 0.119 e. The molecule has 1 aromatic carbocycles. The maximum Gasteiger partial charge on any atom is 0.119 e. The van der Waals surface area contributed by atoms with Gasteiger partial charge >= 0.3 is 0 Å². The molecule has 0 spiro atoms. The molecule has 0 aliphatic heterocycles. The SMILES string of the molecule is COc1ccc(C(Br)c2sccc2Br)c(C)c1. The van der Waals surface area contributed by atoms with E-state index in [0.717, 1.165) is 10.2 Å². The Balaban J connectivity index is 2.38. The first kappa shape index (κ1) is 13.1. The topological polar surface area (TPSA) is 9.23 Å². The van der Waals surface area contributed by atoms with Crippen LogP contribution in [0.1, 0.15) is 20.8 Å². The number of alkyl halides is 1. The Morgan fingerprint density at radius 3 is 2.59 bits per heavy atom. The zero-order chi connectivity index (χ0) is 12.4. The van der Waals surface area contributed by atoms with Crippen LogP contribution in [-0.2, 0) is 0 Å². The summed E-state index contributed by atoms with van der Waals surface area (Å²) in [5, 5.41) is 2.09. The van der Waals surface area contributed by atoms with E-state index in [1.54, 1.807) is 18.4 Å². The predicted octanol–water partition coefficient (Wildman–Crippen LogP) is 5.31. The monoisotopic (exact) mass is 374 g/mol. The van der Waals surface area contributed by atoms with Gasteiger partial charge in [0.2, 0.25) is 0 Å². The zero-order valence-electron chi connectivity index (χ0n) is 9.54. The second-order valence-electron chi connectivity index (χ2n) is 3.72. The summed E-state index contributed by atoms with van der Waals surface area (Å²) in [7, 11) is 1.69. The largest absolute Gasteiger partial charge is 0.497 e. The van der Waals surface area contributed by atoms with Crippen LogP contribution in [0, 0.1) is 6.92 Å². The van der Waals surface area contributed by atoms with Crippen molar-refractivity contribution in [3.63, 3.8) is 0 Å². The fraction of sp³-hybridized carbons (Fsp3) is 0.231. The van der Waals surface area contributed by atoms with Gasteiger partial charge in [-0.1, -0.05) is 22.0 Å². The predicted molar refractivity (Wildman–Crippen MR) is 80.5 cm³/mol. The first-order chi connectivity index (χ1) is 8.13. The minimum Gasteiger partial charge on any atom is -0.497 e. The van der Waals surface area contributed by atoms with E-state index in [9.17, 15) is 0 Å². The molecule has 1 heterocycles. The van der Waals surface area contributed by atoms with Crippen molar-refractivity contribution >= 4 is 43.2 Å². The van der Waals surface area contributed by atoms with E-state index in [0.29, 0.717) is 0 Å². The van der Waals surface area contributed by atoms with Gasteiger partial charge in [-0.3, -0.25) is 0 Å². The van der Waals surface area contributed by atoms with E-state index in [4.69, 9.17) is 4.74 Å². The molecule has 2 aromatic rings. The maximum absolute atomic E-state index is 5.22. The molecule has 0 aliphatic carbocycles. The average molecular weight is 376 g/mol. The molecule has 17 heavy (non-hydrogen) atoms. The van der Waals surface area contributed by atoms with Crippen molar-refractivity contribution in [2.45, 2.75) is 11.8 Å².